The van der Waals surface area contributed by atoms with Crippen LogP contribution in [0, 0.1) is 6.92 Å². The molecule has 1 amide bonds. The number of halogens is 1. The zero-order chi connectivity index (χ0) is 13.2. The van der Waals surface area contributed by atoms with Crippen molar-refractivity contribution in [2.45, 2.75) is 38.8 Å². The molecule has 1 rings (SSSR count). The van der Waals surface area contributed by atoms with Crippen LogP contribution in [0.2, 0.25) is 5.02 Å². The Morgan fingerprint density at radius 2 is 2.35 bits per heavy atom. The predicted molar refractivity (Wildman–Crippen MR) is 68.0 cm³/mol. The summed E-state index contributed by atoms with van der Waals surface area (Å²) in [6, 6.07) is 0.0335. The first-order valence-corrected chi connectivity index (χ1v) is 5.88. The first kappa shape index (κ1) is 14.0. The summed E-state index contributed by atoms with van der Waals surface area (Å²) in [5, 5.41) is 7.87. The Kier molecular flexibility index (Phi) is 4.16. The summed E-state index contributed by atoms with van der Waals surface area (Å²) in [5.41, 5.74) is 5.42. The SMILES string of the molecule is CNC(C)(CC(C)n1cc(Cl)c(C)n1)C(N)=O. The molecule has 3 N–H and O–H groups in total. The lowest BCUT2D eigenvalue weighted by atomic mass is 9.93. The predicted octanol–water partition coefficient (Wildman–Crippen LogP) is 1.26. The maximum atomic E-state index is 11.4. The van der Waals surface area contributed by atoms with E-state index in [1.807, 2.05) is 13.8 Å². The van der Waals surface area contributed by atoms with Crippen LogP contribution in [0.1, 0.15) is 32.0 Å². The zero-order valence-corrected chi connectivity index (χ0v) is 11.4. The quantitative estimate of drug-likeness (QED) is 0.835. The lowest BCUT2D eigenvalue weighted by Crippen LogP contribution is -2.52. The van der Waals surface area contributed by atoms with Crippen LogP contribution >= 0.6 is 11.6 Å². The molecule has 6 heteroatoms. The van der Waals surface area contributed by atoms with Gasteiger partial charge in [-0.15, -0.1) is 0 Å². The van der Waals surface area contributed by atoms with Crippen molar-refractivity contribution >= 4 is 17.5 Å². The summed E-state index contributed by atoms with van der Waals surface area (Å²) in [7, 11) is 1.72. The van der Waals surface area contributed by atoms with Crippen molar-refractivity contribution in [3.05, 3.63) is 16.9 Å². The second-order valence-electron chi connectivity index (χ2n) is 4.54. The second-order valence-corrected chi connectivity index (χ2v) is 4.95. The first-order valence-electron chi connectivity index (χ1n) is 5.50. The van der Waals surface area contributed by atoms with Gasteiger partial charge in [-0.3, -0.25) is 9.48 Å². The third-order valence-electron chi connectivity index (χ3n) is 3.11. The van der Waals surface area contributed by atoms with Gasteiger partial charge in [0.15, 0.2) is 0 Å². The zero-order valence-electron chi connectivity index (χ0n) is 10.6. The van der Waals surface area contributed by atoms with Crippen molar-refractivity contribution in [2.24, 2.45) is 5.73 Å². The van der Waals surface area contributed by atoms with Crippen molar-refractivity contribution < 1.29 is 4.79 Å². The molecule has 0 aliphatic carbocycles. The second kappa shape index (κ2) is 5.06. The summed E-state index contributed by atoms with van der Waals surface area (Å²) >= 11 is 5.95. The molecule has 0 fully saturated rings. The van der Waals surface area contributed by atoms with E-state index in [1.54, 1.807) is 24.9 Å². The number of nitrogens with two attached hydrogens (primary N) is 1. The monoisotopic (exact) mass is 258 g/mol. The van der Waals surface area contributed by atoms with Gasteiger partial charge in [0.1, 0.15) is 0 Å². The number of hydrogen-bond acceptors (Lipinski definition) is 3. The Labute approximate surface area is 106 Å². The minimum Gasteiger partial charge on any atom is -0.368 e. The smallest absolute Gasteiger partial charge is 0.237 e. The lowest BCUT2D eigenvalue weighted by Gasteiger charge is -2.28. The van der Waals surface area contributed by atoms with Gasteiger partial charge in [0.2, 0.25) is 5.91 Å². The van der Waals surface area contributed by atoms with Gasteiger partial charge in [0.05, 0.1) is 22.3 Å². The highest BCUT2D eigenvalue weighted by Gasteiger charge is 2.31. The number of rotatable bonds is 5. The van der Waals surface area contributed by atoms with E-state index < -0.39 is 5.54 Å². The van der Waals surface area contributed by atoms with E-state index in [0.29, 0.717) is 11.4 Å². The van der Waals surface area contributed by atoms with Gasteiger partial charge in [-0.25, -0.2) is 0 Å². The molecule has 1 aromatic heterocycles. The molecule has 0 aromatic carbocycles. The van der Waals surface area contributed by atoms with Crippen molar-refractivity contribution in [1.29, 1.82) is 0 Å². The first-order chi connectivity index (χ1) is 7.80. The molecule has 2 atom stereocenters. The van der Waals surface area contributed by atoms with Crippen LogP contribution in [-0.2, 0) is 4.79 Å². The third kappa shape index (κ3) is 2.98. The molecule has 17 heavy (non-hydrogen) atoms. The third-order valence-corrected chi connectivity index (χ3v) is 3.48. The van der Waals surface area contributed by atoms with Crippen LogP contribution in [0.3, 0.4) is 0 Å². The van der Waals surface area contributed by atoms with Gasteiger partial charge < -0.3 is 11.1 Å². The van der Waals surface area contributed by atoms with Crippen molar-refractivity contribution in [1.82, 2.24) is 15.1 Å². The van der Waals surface area contributed by atoms with Gasteiger partial charge in [-0.05, 0) is 34.2 Å². The highest BCUT2D eigenvalue weighted by Crippen LogP contribution is 2.22. The summed E-state index contributed by atoms with van der Waals surface area (Å²) in [5.74, 6) is -0.373. The van der Waals surface area contributed by atoms with Crippen LogP contribution in [0.4, 0.5) is 0 Å². The Balaban J connectivity index is 2.84. The standard InChI is InChI=1S/C11H19ClN4O/c1-7(5-11(3,14-4)10(13)17)16-6-9(12)8(2)15-16/h6-7,14H,5H2,1-4H3,(H2,13,17). The number of nitrogens with one attached hydrogen (secondary N) is 1. The average Bonchev–Trinajstić information content (AvgIpc) is 2.59. The molecule has 0 aliphatic rings. The van der Waals surface area contributed by atoms with Crippen molar-refractivity contribution in [3.8, 4) is 0 Å². The van der Waals surface area contributed by atoms with E-state index in [9.17, 15) is 4.79 Å². The molecule has 0 bridgehead atoms. The number of aromatic nitrogens is 2. The number of primary amides is 1. The summed E-state index contributed by atoms with van der Waals surface area (Å²) in [4.78, 5) is 11.4. The van der Waals surface area contributed by atoms with Crippen LogP contribution < -0.4 is 11.1 Å². The maximum Gasteiger partial charge on any atom is 0.237 e. The molecule has 0 spiro atoms. The minimum absolute atomic E-state index is 0.0335. The van der Waals surface area contributed by atoms with Gasteiger partial charge >= 0.3 is 0 Å². The number of likely N-dealkylation sites (N-methyl/N-ethyl adjacent to an activating group) is 1. The van der Waals surface area contributed by atoms with Gasteiger partial charge in [-0.1, -0.05) is 11.6 Å². The number of aryl methyl sites for hydroxylation is 1. The fraction of sp³-hybridized carbons (Fsp3) is 0.636. The van der Waals surface area contributed by atoms with Gasteiger partial charge in [-0.2, -0.15) is 5.10 Å². The molecule has 5 nitrogen and oxygen atoms in total. The van der Waals surface area contributed by atoms with Crippen molar-refractivity contribution in [2.75, 3.05) is 7.05 Å². The van der Waals surface area contributed by atoms with Crippen LogP contribution in [0.25, 0.3) is 0 Å². The Morgan fingerprint density at radius 3 is 2.71 bits per heavy atom. The molecule has 0 saturated carbocycles. The summed E-state index contributed by atoms with van der Waals surface area (Å²) < 4.78 is 1.76. The average molecular weight is 259 g/mol. The molecular formula is C11H19ClN4O. The van der Waals surface area contributed by atoms with E-state index in [0.717, 1.165) is 5.69 Å². The van der Waals surface area contributed by atoms with Gasteiger partial charge in [0.25, 0.3) is 0 Å². The number of carbonyl (C=O) groups is 1. The Morgan fingerprint density at radius 1 is 1.76 bits per heavy atom. The number of carbonyl (C=O) groups excluding carboxylic acids is 1. The lowest BCUT2D eigenvalue weighted by molar-refractivity contribution is -0.124. The van der Waals surface area contributed by atoms with Crippen LogP contribution in [0.5, 0.6) is 0 Å². The fourth-order valence-corrected chi connectivity index (χ4v) is 1.83. The van der Waals surface area contributed by atoms with E-state index in [-0.39, 0.29) is 11.9 Å². The van der Waals surface area contributed by atoms with Crippen LogP contribution in [-0.4, -0.2) is 28.3 Å². The van der Waals surface area contributed by atoms with Crippen molar-refractivity contribution in [3.63, 3.8) is 0 Å². The topological polar surface area (TPSA) is 72.9 Å². The molecule has 0 aliphatic heterocycles. The highest BCUT2D eigenvalue weighted by molar-refractivity contribution is 6.31. The molecule has 2 unspecified atom stereocenters. The highest BCUT2D eigenvalue weighted by atomic mass is 35.5. The number of amides is 1. The van der Waals surface area contributed by atoms with E-state index in [2.05, 4.69) is 10.4 Å². The Hall–Kier alpha value is -1.07. The van der Waals surface area contributed by atoms with E-state index >= 15 is 0 Å². The molecule has 96 valence electrons. The van der Waals surface area contributed by atoms with E-state index in [4.69, 9.17) is 17.3 Å². The van der Waals surface area contributed by atoms with E-state index in [1.165, 1.54) is 0 Å². The molecule has 1 aromatic rings. The number of hydrogen-bond donors (Lipinski definition) is 2. The Bertz CT molecular complexity index is 398. The molecular weight excluding hydrogens is 240 g/mol. The molecule has 1 heterocycles. The fourth-order valence-electron chi connectivity index (χ4n) is 1.70. The van der Waals surface area contributed by atoms with Crippen LogP contribution in [0.15, 0.2) is 6.20 Å². The largest absolute Gasteiger partial charge is 0.368 e. The maximum absolute atomic E-state index is 11.4. The normalized spacial score (nSPS) is 16.5. The molecule has 0 saturated heterocycles. The molecule has 0 radical (unpaired) electrons. The minimum atomic E-state index is -0.744. The van der Waals surface area contributed by atoms with Gasteiger partial charge in [0, 0.05) is 6.20 Å². The summed E-state index contributed by atoms with van der Waals surface area (Å²) in [6.07, 6.45) is 2.31. The summed E-state index contributed by atoms with van der Waals surface area (Å²) in [6.45, 7) is 5.60. The number of nitrogens with zero attached hydrogens (tertiary/aromatic N) is 2.